The molecular weight excluding hydrogens is 264 g/mol. The Morgan fingerprint density at radius 2 is 2.12 bits per heavy atom. The second-order valence-corrected chi connectivity index (χ2v) is 3.86. The summed E-state index contributed by atoms with van der Waals surface area (Å²) in [6, 6.07) is 0.799. The summed E-state index contributed by atoms with van der Waals surface area (Å²) in [6.45, 7) is 3.59. The molecule has 0 saturated heterocycles. The zero-order valence-electron chi connectivity index (χ0n) is 7.91. The van der Waals surface area contributed by atoms with Crippen LogP contribution in [0.4, 0.5) is 19.0 Å². The minimum absolute atomic E-state index is 0.118. The van der Waals surface area contributed by atoms with Crippen LogP contribution in [0.15, 0.2) is 23.9 Å². The van der Waals surface area contributed by atoms with Gasteiger partial charge in [0.25, 0.3) is 0 Å². The number of hydrogen-bond donors (Lipinski definition) is 1. The van der Waals surface area contributed by atoms with Gasteiger partial charge in [-0.2, -0.15) is 13.2 Å². The lowest BCUT2D eigenvalue weighted by Crippen LogP contribution is -2.08. The van der Waals surface area contributed by atoms with Crippen molar-refractivity contribution in [1.82, 2.24) is 4.98 Å². The Morgan fingerprint density at radius 3 is 2.56 bits per heavy atom. The normalized spacial score (nSPS) is 11.3. The highest BCUT2D eigenvalue weighted by Crippen LogP contribution is 2.32. The van der Waals surface area contributed by atoms with Crippen LogP contribution >= 0.6 is 23.2 Å². The van der Waals surface area contributed by atoms with Crippen LogP contribution in [-0.2, 0) is 6.18 Å². The molecule has 0 saturated carbocycles. The maximum atomic E-state index is 12.3. The fourth-order valence-corrected chi connectivity index (χ4v) is 1.20. The second kappa shape index (κ2) is 4.93. The molecule has 0 amide bonds. The van der Waals surface area contributed by atoms with Crippen molar-refractivity contribution in [2.45, 2.75) is 6.18 Å². The first-order valence-corrected chi connectivity index (χ1v) is 4.86. The van der Waals surface area contributed by atoms with Gasteiger partial charge in [0.2, 0.25) is 0 Å². The Labute approximate surface area is 100 Å². The number of nitrogens with zero attached hydrogens (tertiary/aromatic N) is 1. The van der Waals surface area contributed by atoms with Gasteiger partial charge >= 0.3 is 6.18 Å². The van der Waals surface area contributed by atoms with E-state index in [1.165, 1.54) is 0 Å². The number of halogens is 5. The topological polar surface area (TPSA) is 24.9 Å². The van der Waals surface area contributed by atoms with Gasteiger partial charge < -0.3 is 5.32 Å². The summed E-state index contributed by atoms with van der Waals surface area (Å²) in [5.74, 6) is 0.136. The van der Waals surface area contributed by atoms with E-state index in [9.17, 15) is 13.2 Å². The number of rotatable bonds is 3. The zero-order chi connectivity index (χ0) is 12.3. The van der Waals surface area contributed by atoms with Crippen molar-refractivity contribution < 1.29 is 13.2 Å². The van der Waals surface area contributed by atoms with E-state index in [1.807, 2.05) is 0 Å². The molecule has 0 aliphatic carbocycles. The molecule has 1 rings (SSSR count). The Balaban J connectivity index is 2.88. The summed E-state index contributed by atoms with van der Waals surface area (Å²) in [5.41, 5.74) is -0.896. The molecule has 0 fully saturated rings. The molecule has 1 aromatic rings. The third-order valence-electron chi connectivity index (χ3n) is 1.62. The zero-order valence-corrected chi connectivity index (χ0v) is 9.42. The average molecular weight is 271 g/mol. The lowest BCUT2D eigenvalue weighted by atomic mass is 10.3. The van der Waals surface area contributed by atoms with Crippen molar-refractivity contribution in [1.29, 1.82) is 0 Å². The van der Waals surface area contributed by atoms with Crippen molar-refractivity contribution in [2.75, 3.05) is 11.9 Å². The molecule has 0 spiro atoms. The maximum Gasteiger partial charge on any atom is 0.417 e. The van der Waals surface area contributed by atoms with E-state index < -0.39 is 11.7 Å². The fourth-order valence-electron chi connectivity index (χ4n) is 0.903. The van der Waals surface area contributed by atoms with Crippen LogP contribution in [0.3, 0.4) is 0 Å². The molecule has 7 heteroatoms. The molecule has 0 aliphatic heterocycles. The van der Waals surface area contributed by atoms with Gasteiger partial charge in [-0.25, -0.2) is 4.98 Å². The van der Waals surface area contributed by atoms with Crippen molar-refractivity contribution in [3.8, 4) is 0 Å². The number of alkyl halides is 3. The molecular formula is C9H7Cl2F3N2. The van der Waals surface area contributed by atoms with Crippen LogP contribution in [0.1, 0.15) is 5.56 Å². The largest absolute Gasteiger partial charge is 0.417 e. The maximum absolute atomic E-state index is 12.3. The van der Waals surface area contributed by atoms with Crippen LogP contribution in [-0.4, -0.2) is 11.5 Å². The van der Waals surface area contributed by atoms with Crippen LogP contribution in [0.2, 0.25) is 5.02 Å². The fraction of sp³-hybridized carbons (Fsp3) is 0.222. The third-order valence-corrected chi connectivity index (χ3v) is 2.04. The smallest absolute Gasteiger partial charge is 0.364 e. The standard InChI is InChI=1S/C9H7Cl2F3N2/c1-5(10)3-15-8-7(11)2-6(4-16-8)9(12,13)14/h2,4H,1,3H2,(H,15,16). The first-order valence-electron chi connectivity index (χ1n) is 4.10. The molecule has 0 bridgehead atoms. The van der Waals surface area contributed by atoms with Crippen molar-refractivity contribution in [3.05, 3.63) is 34.5 Å². The summed E-state index contributed by atoms with van der Waals surface area (Å²) in [7, 11) is 0. The minimum Gasteiger partial charge on any atom is -0.364 e. The van der Waals surface area contributed by atoms with Crippen LogP contribution in [0.5, 0.6) is 0 Å². The van der Waals surface area contributed by atoms with Gasteiger partial charge in [-0.05, 0) is 6.07 Å². The molecule has 88 valence electrons. The van der Waals surface area contributed by atoms with Gasteiger partial charge in [0.05, 0.1) is 17.1 Å². The molecule has 2 nitrogen and oxygen atoms in total. The van der Waals surface area contributed by atoms with Crippen LogP contribution in [0, 0.1) is 0 Å². The van der Waals surface area contributed by atoms with Gasteiger partial charge in [-0.3, -0.25) is 0 Å². The van der Waals surface area contributed by atoms with Gasteiger partial charge in [-0.15, -0.1) is 0 Å². The van der Waals surface area contributed by atoms with Gasteiger partial charge in [0, 0.05) is 11.2 Å². The molecule has 0 unspecified atom stereocenters. The van der Waals surface area contributed by atoms with Crippen molar-refractivity contribution in [3.63, 3.8) is 0 Å². The Kier molecular flexibility index (Phi) is 4.04. The number of pyridine rings is 1. The third kappa shape index (κ3) is 3.57. The highest BCUT2D eigenvalue weighted by Gasteiger charge is 2.31. The summed E-state index contributed by atoms with van der Waals surface area (Å²) in [5, 5.41) is 2.83. The van der Waals surface area contributed by atoms with Crippen molar-refractivity contribution >= 4 is 29.0 Å². The van der Waals surface area contributed by atoms with Gasteiger partial charge in [0.1, 0.15) is 5.82 Å². The SMILES string of the molecule is C=C(Cl)CNc1ncc(C(F)(F)F)cc1Cl. The Bertz CT molecular complexity index is 404. The van der Waals surface area contributed by atoms with E-state index in [1.54, 1.807) is 0 Å². The van der Waals surface area contributed by atoms with Crippen LogP contribution < -0.4 is 5.32 Å². The summed E-state index contributed by atoms with van der Waals surface area (Å²) in [6.07, 6.45) is -3.75. The van der Waals surface area contributed by atoms with E-state index in [-0.39, 0.29) is 17.4 Å². The molecule has 0 aliphatic rings. The number of hydrogen-bond acceptors (Lipinski definition) is 2. The van der Waals surface area contributed by atoms with E-state index in [0.717, 1.165) is 6.07 Å². The summed E-state index contributed by atoms with van der Waals surface area (Å²) in [4.78, 5) is 3.55. The minimum atomic E-state index is -4.45. The predicted molar refractivity (Wildman–Crippen MR) is 57.7 cm³/mol. The molecule has 16 heavy (non-hydrogen) atoms. The number of anilines is 1. The molecule has 0 radical (unpaired) electrons. The first-order chi connectivity index (χ1) is 7.30. The second-order valence-electron chi connectivity index (χ2n) is 2.92. The monoisotopic (exact) mass is 270 g/mol. The molecule has 1 heterocycles. The molecule has 1 aromatic heterocycles. The highest BCUT2D eigenvalue weighted by atomic mass is 35.5. The molecule has 1 N–H and O–H groups in total. The molecule has 0 aromatic carbocycles. The first kappa shape index (κ1) is 13.1. The van der Waals surface area contributed by atoms with E-state index >= 15 is 0 Å². The predicted octanol–water partition coefficient (Wildman–Crippen LogP) is 3.92. The summed E-state index contributed by atoms with van der Waals surface area (Å²) >= 11 is 11.1. The van der Waals surface area contributed by atoms with E-state index in [0.29, 0.717) is 11.2 Å². The quantitative estimate of drug-likeness (QED) is 0.901. The van der Waals surface area contributed by atoms with Crippen LogP contribution in [0.25, 0.3) is 0 Å². The number of aromatic nitrogens is 1. The lowest BCUT2D eigenvalue weighted by molar-refractivity contribution is -0.137. The van der Waals surface area contributed by atoms with Gasteiger partial charge in [0.15, 0.2) is 0 Å². The Morgan fingerprint density at radius 1 is 1.50 bits per heavy atom. The molecule has 0 atom stereocenters. The van der Waals surface area contributed by atoms with Gasteiger partial charge in [-0.1, -0.05) is 29.8 Å². The Hall–Kier alpha value is -0.940. The highest BCUT2D eigenvalue weighted by molar-refractivity contribution is 6.33. The van der Waals surface area contributed by atoms with E-state index in [2.05, 4.69) is 16.9 Å². The lowest BCUT2D eigenvalue weighted by Gasteiger charge is -2.10. The van der Waals surface area contributed by atoms with E-state index in [4.69, 9.17) is 23.2 Å². The van der Waals surface area contributed by atoms with Crippen molar-refractivity contribution in [2.24, 2.45) is 0 Å². The number of nitrogens with one attached hydrogen (secondary N) is 1. The average Bonchev–Trinajstić information content (AvgIpc) is 2.14. The summed E-state index contributed by atoms with van der Waals surface area (Å²) < 4.78 is 36.8.